The second-order valence-corrected chi connectivity index (χ2v) is 5.64. The van der Waals surface area contributed by atoms with E-state index in [1.807, 2.05) is 12.1 Å². The third kappa shape index (κ3) is 1.77. The summed E-state index contributed by atoms with van der Waals surface area (Å²) in [6, 6.07) is 20.9. The third-order valence-corrected chi connectivity index (χ3v) is 4.33. The summed E-state index contributed by atoms with van der Waals surface area (Å²) in [6.45, 7) is 0. The van der Waals surface area contributed by atoms with Crippen LogP contribution in [-0.2, 0) is 0 Å². The van der Waals surface area contributed by atoms with E-state index < -0.39 is 0 Å². The first-order chi connectivity index (χ1) is 11.4. The van der Waals surface area contributed by atoms with Crippen LogP contribution in [0.4, 0.5) is 0 Å². The molecule has 0 saturated heterocycles. The molecule has 0 saturated carbocycles. The average Bonchev–Trinajstić information content (AvgIpc) is 3.09. The van der Waals surface area contributed by atoms with Crippen molar-refractivity contribution in [3.63, 3.8) is 0 Å². The highest BCUT2D eigenvalue weighted by molar-refractivity contribution is 6.23. The number of aromatic nitrogens is 3. The van der Waals surface area contributed by atoms with Crippen molar-refractivity contribution in [2.75, 3.05) is 0 Å². The first-order valence-corrected chi connectivity index (χ1v) is 7.61. The summed E-state index contributed by atoms with van der Waals surface area (Å²) < 4.78 is 0. The van der Waals surface area contributed by atoms with E-state index in [-0.39, 0.29) is 0 Å². The van der Waals surface area contributed by atoms with E-state index in [9.17, 15) is 0 Å². The molecule has 0 amide bonds. The van der Waals surface area contributed by atoms with Crippen molar-refractivity contribution in [3.05, 3.63) is 73.1 Å². The summed E-state index contributed by atoms with van der Waals surface area (Å²) in [4.78, 5) is 12.5. The van der Waals surface area contributed by atoms with Gasteiger partial charge in [0.2, 0.25) is 0 Å². The van der Waals surface area contributed by atoms with Gasteiger partial charge in [-0.2, -0.15) is 0 Å². The molecule has 0 radical (unpaired) electrons. The van der Waals surface area contributed by atoms with Gasteiger partial charge in [-0.1, -0.05) is 48.5 Å². The Morgan fingerprint density at radius 2 is 1.26 bits per heavy atom. The molecule has 5 rings (SSSR count). The van der Waals surface area contributed by atoms with E-state index in [1.165, 1.54) is 21.5 Å². The van der Waals surface area contributed by atoms with Gasteiger partial charge in [0, 0.05) is 28.7 Å². The van der Waals surface area contributed by atoms with Gasteiger partial charge in [-0.15, -0.1) is 0 Å². The van der Waals surface area contributed by atoms with Gasteiger partial charge < -0.3 is 4.98 Å². The Bertz CT molecular complexity index is 1080. The minimum Gasteiger partial charge on any atom is -0.337 e. The third-order valence-electron chi connectivity index (χ3n) is 4.33. The standard InChI is InChI=1S/C20H13N3/c1-3-7-16-14(5-1)15-6-2-4-8-17(15)19-18(16)22-20(23-19)13-9-11-21-12-10-13/h1-12H,(H,22,23). The van der Waals surface area contributed by atoms with Gasteiger partial charge in [0.05, 0.1) is 11.0 Å². The Kier molecular flexibility index (Phi) is 2.50. The molecule has 0 aliphatic rings. The minimum absolute atomic E-state index is 0.879. The Morgan fingerprint density at radius 1 is 0.652 bits per heavy atom. The molecule has 1 N–H and O–H groups in total. The molecule has 2 heterocycles. The van der Waals surface area contributed by atoms with Gasteiger partial charge in [0.15, 0.2) is 0 Å². The van der Waals surface area contributed by atoms with Gasteiger partial charge in [0.1, 0.15) is 5.82 Å². The number of fused-ring (bicyclic) bond motifs is 6. The number of nitrogens with one attached hydrogen (secondary N) is 1. The molecule has 108 valence electrons. The topological polar surface area (TPSA) is 41.6 Å². The summed E-state index contributed by atoms with van der Waals surface area (Å²) in [5.41, 5.74) is 3.15. The smallest absolute Gasteiger partial charge is 0.138 e. The van der Waals surface area contributed by atoms with Crippen molar-refractivity contribution in [3.8, 4) is 11.4 Å². The lowest BCUT2D eigenvalue weighted by atomic mass is 10.0. The normalized spacial score (nSPS) is 11.5. The number of benzene rings is 3. The second-order valence-electron chi connectivity index (χ2n) is 5.64. The van der Waals surface area contributed by atoms with Crippen molar-refractivity contribution in [1.82, 2.24) is 15.0 Å². The molecule has 3 heteroatoms. The monoisotopic (exact) mass is 295 g/mol. The van der Waals surface area contributed by atoms with Crippen LogP contribution in [-0.4, -0.2) is 15.0 Å². The maximum Gasteiger partial charge on any atom is 0.138 e. The van der Waals surface area contributed by atoms with Crippen molar-refractivity contribution < 1.29 is 0 Å². The van der Waals surface area contributed by atoms with Crippen LogP contribution in [0.3, 0.4) is 0 Å². The Labute approximate surface area is 132 Å². The van der Waals surface area contributed by atoms with E-state index in [0.29, 0.717) is 0 Å². The van der Waals surface area contributed by atoms with Crippen LogP contribution in [0, 0.1) is 0 Å². The molecule has 0 aliphatic heterocycles. The quantitative estimate of drug-likeness (QED) is 0.445. The maximum atomic E-state index is 4.88. The largest absolute Gasteiger partial charge is 0.337 e. The zero-order valence-electron chi connectivity index (χ0n) is 12.3. The van der Waals surface area contributed by atoms with E-state index in [2.05, 4.69) is 58.5 Å². The highest BCUT2D eigenvalue weighted by Gasteiger charge is 2.12. The number of imidazole rings is 1. The number of rotatable bonds is 1. The second kappa shape index (κ2) is 4.65. The first kappa shape index (κ1) is 12.4. The minimum atomic E-state index is 0.879. The van der Waals surface area contributed by atoms with E-state index in [1.54, 1.807) is 12.4 Å². The number of aromatic amines is 1. The molecule has 3 aromatic carbocycles. The fourth-order valence-corrected chi connectivity index (χ4v) is 3.27. The lowest BCUT2D eigenvalue weighted by Gasteiger charge is -2.05. The van der Waals surface area contributed by atoms with Crippen LogP contribution >= 0.6 is 0 Å². The number of H-pyrrole nitrogens is 1. The molecule has 2 aromatic heterocycles. The van der Waals surface area contributed by atoms with Crippen molar-refractivity contribution in [2.24, 2.45) is 0 Å². The highest BCUT2D eigenvalue weighted by atomic mass is 14.9. The van der Waals surface area contributed by atoms with Crippen molar-refractivity contribution >= 4 is 32.6 Å². The van der Waals surface area contributed by atoms with Crippen LogP contribution in [0.15, 0.2) is 73.1 Å². The van der Waals surface area contributed by atoms with Crippen LogP contribution in [0.5, 0.6) is 0 Å². The van der Waals surface area contributed by atoms with Gasteiger partial charge in [-0.25, -0.2) is 4.98 Å². The zero-order chi connectivity index (χ0) is 15.2. The van der Waals surface area contributed by atoms with Gasteiger partial charge >= 0.3 is 0 Å². The lowest BCUT2D eigenvalue weighted by molar-refractivity contribution is 1.29. The van der Waals surface area contributed by atoms with Gasteiger partial charge in [0.25, 0.3) is 0 Å². The molecule has 0 atom stereocenters. The van der Waals surface area contributed by atoms with Gasteiger partial charge in [-0.3, -0.25) is 4.98 Å². The van der Waals surface area contributed by atoms with Gasteiger partial charge in [-0.05, 0) is 22.9 Å². The molecule has 0 spiro atoms. The van der Waals surface area contributed by atoms with E-state index in [4.69, 9.17) is 4.98 Å². The zero-order valence-corrected chi connectivity index (χ0v) is 12.3. The average molecular weight is 295 g/mol. The Hall–Kier alpha value is -3.20. The lowest BCUT2D eigenvalue weighted by Crippen LogP contribution is -1.81. The maximum absolute atomic E-state index is 4.88. The van der Waals surface area contributed by atoms with Crippen LogP contribution in [0.2, 0.25) is 0 Å². The van der Waals surface area contributed by atoms with E-state index >= 15 is 0 Å². The van der Waals surface area contributed by atoms with E-state index in [0.717, 1.165) is 22.4 Å². The molecule has 0 aliphatic carbocycles. The highest BCUT2D eigenvalue weighted by Crippen LogP contribution is 2.34. The predicted molar refractivity (Wildman–Crippen MR) is 94.3 cm³/mol. The number of nitrogens with zero attached hydrogens (tertiary/aromatic N) is 2. The molecule has 0 unspecified atom stereocenters. The van der Waals surface area contributed by atoms with Crippen molar-refractivity contribution in [2.45, 2.75) is 0 Å². The Balaban J connectivity index is 1.99. The number of pyridine rings is 1. The summed E-state index contributed by atoms with van der Waals surface area (Å²) >= 11 is 0. The fraction of sp³-hybridized carbons (Fsp3) is 0. The Morgan fingerprint density at radius 3 is 2.00 bits per heavy atom. The molecule has 23 heavy (non-hydrogen) atoms. The SMILES string of the molecule is c1ccc2c(c1)c1ccccc1c1[nH]c(-c3ccncc3)nc21. The summed E-state index contributed by atoms with van der Waals surface area (Å²) in [6.07, 6.45) is 3.58. The van der Waals surface area contributed by atoms with Crippen LogP contribution in [0.25, 0.3) is 44.0 Å². The summed E-state index contributed by atoms with van der Waals surface area (Å²) in [5, 5.41) is 4.87. The molecule has 0 fully saturated rings. The molecular weight excluding hydrogens is 282 g/mol. The fourth-order valence-electron chi connectivity index (χ4n) is 3.27. The first-order valence-electron chi connectivity index (χ1n) is 7.61. The van der Waals surface area contributed by atoms with Crippen molar-refractivity contribution in [1.29, 1.82) is 0 Å². The summed E-state index contributed by atoms with van der Waals surface area (Å²) in [7, 11) is 0. The van der Waals surface area contributed by atoms with Crippen LogP contribution in [0.1, 0.15) is 0 Å². The predicted octanol–water partition coefficient (Wildman–Crippen LogP) is 4.93. The summed E-state index contributed by atoms with van der Waals surface area (Å²) in [5.74, 6) is 0.879. The molecular formula is C20H13N3. The molecule has 3 nitrogen and oxygen atoms in total. The molecule has 5 aromatic rings. The number of hydrogen-bond acceptors (Lipinski definition) is 2. The van der Waals surface area contributed by atoms with Crippen LogP contribution < -0.4 is 0 Å². The number of hydrogen-bond donors (Lipinski definition) is 1. The molecule has 0 bridgehead atoms.